The molecule has 7 heteroatoms. The maximum absolute atomic E-state index is 12.6. The number of anilines is 1. The number of hydrogen-bond donors (Lipinski definition) is 1. The molecular weight excluding hydrogens is 261 g/mol. The molecule has 0 bridgehead atoms. The molecule has 0 aromatic heterocycles. The van der Waals surface area contributed by atoms with E-state index in [1.165, 1.54) is 26.2 Å². The number of benzene rings is 1. The Hall–Kier alpha value is -1.63. The second kappa shape index (κ2) is 5.81. The van der Waals surface area contributed by atoms with Gasteiger partial charge < -0.3 is 4.74 Å². The van der Waals surface area contributed by atoms with Crippen LogP contribution in [0.1, 0.15) is 6.92 Å². The molecule has 0 saturated heterocycles. The van der Waals surface area contributed by atoms with Crippen LogP contribution >= 0.6 is 0 Å². The summed E-state index contributed by atoms with van der Waals surface area (Å²) in [4.78, 5) is 11.1. The van der Waals surface area contributed by atoms with Gasteiger partial charge in [-0.1, -0.05) is 6.92 Å². The molecule has 0 radical (unpaired) electrons. The number of carbonyl (C=O) groups is 1. The van der Waals surface area contributed by atoms with Crippen molar-refractivity contribution in [2.45, 2.75) is 6.92 Å². The van der Waals surface area contributed by atoms with E-state index in [1.54, 1.807) is 0 Å². The molecule has 100 valence electrons. The van der Waals surface area contributed by atoms with E-state index in [2.05, 4.69) is 9.46 Å². The number of esters is 1. The Morgan fingerprint density at radius 3 is 2.44 bits per heavy atom. The van der Waals surface area contributed by atoms with Crippen molar-refractivity contribution < 1.29 is 22.3 Å². The lowest BCUT2D eigenvalue weighted by molar-refractivity contribution is -0.144. The Balaban J connectivity index is 2.70. The Morgan fingerprint density at radius 2 is 1.94 bits per heavy atom. The summed E-state index contributed by atoms with van der Waals surface area (Å²) in [6.45, 7) is 1.45. The fraction of sp³-hybridized carbons (Fsp3) is 0.364. The summed E-state index contributed by atoms with van der Waals surface area (Å²) in [5, 5.41) is 0. The zero-order valence-electron chi connectivity index (χ0n) is 10.0. The quantitative estimate of drug-likeness (QED) is 0.824. The van der Waals surface area contributed by atoms with Crippen molar-refractivity contribution in [3.63, 3.8) is 0 Å². The third-order valence-electron chi connectivity index (χ3n) is 2.19. The Morgan fingerprint density at radius 1 is 1.39 bits per heavy atom. The molecule has 0 spiro atoms. The van der Waals surface area contributed by atoms with Crippen molar-refractivity contribution in [2.75, 3.05) is 17.6 Å². The fourth-order valence-corrected chi connectivity index (χ4v) is 2.71. The number of hydrogen-bond acceptors (Lipinski definition) is 4. The van der Waals surface area contributed by atoms with Crippen molar-refractivity contribution >= 4 is 21.7 Å². The topological polar surface area (TPSA) is 72.5 Å². The van der Waals surface area contributed by atoms with Crippen LogP contribution in [0.3, 0.4) is 0 Å². The molecule has 1 atom stereocenters. The standard InChI is InChI=1S/C11H14FNO4S/c1-8(11(14)17-2)7-18(15,16)13-10-5-3-9(12)4-6-10/h3-6,8,13H,7H2,1-2H3/t8-/m1/s1. The number of ether oxygens (including phenoxy) is 1. The van der Waals surface area contributed by atoms with Crippen molar-refractivity contribution in [3.05, 3.63) is 30.1 Å². The van der Waals surface area contributed by atoms with E-state index < -0.39 is 33.5 Å². The van der Waals surface area contributed by atoms with Gasteiger partial charge in [-0.15, -0.1) is 0 Å². The highest BCUT2D eigenvalue weighted by Gasteiger charge is 2.22. The molecular formula is C11H14FNO4S. The van der Waals surface area contributed by atoms with Crippen LogP contribution in [0.25, 0.3) is 0 Å². The van der Waals surface area contributed by atoms with Crippen LogP contribution in [0.4, 0.5) is 10.1 Å². The summed E-state index contributed by atoms with van der Waals surface area (Å²) in [5.41, 5.74) is 0.244. The van der Waals surface area contributed by atoms with Gasteiger partial charge in [-0.3, -0.25) is 9.52 Å². The Labute approximate surface area is 105 Å². The van der Waals surface area contributed by atoms with Gasteiger partial charge in [0.05, 0.1) is 18.8 Å². The summed E-state index contributed by atoms with van der Waals surface area (Å²) in [5.74, 6) is -2.22. The number of halogens is 1. The second-order valence-corrected chi connectivity index (χ2v) is 5.58. The predicted molar refractivity (Wildman–Crippen MR) is 65.0 cm³/mol. The first-order valence-electron chi connectivity index (χ1n) is 5.18. The predicted octanol–water partition coefficient (Wildman–Crippen LogP) is 1.38. The van der Waals surface area contributed by atoms with Crippen LogP contribution in [-0.2, 0) is 19.6 Å². The molecule has 5 nitrogen and oxygen atoms in total. The van der Waals surface area contributed by atoms with Crippen molar-refractivity contribution in [1.82, 2.24) is 0 Å². The summed E-state index contributed by atoms with van der Waals surface area (Å²) in [6.07, 6.45) is 0. The lowest BCUT2D eigenvalue weighted by Crippen LogP contribution is -2.26. The van der Waals surface area contributed by atoms with E-state index >= 15 is 0 Å². The molecule has 0 amide bonds. The molecule has 0 aliphatic rings. The third kappa shape index (κ3) is 4.33. The first kappa shape index (κ1) is 14.4. The van der Waals surface area contributed by atoms with Gasteiger partial charge in [0.1, 0.15) is 5.82 Å². The number of methoxy groups -OCH3 is 1. The second-order valence-electron chi connectivity index (χ2n) is 3.81. The summed E-state index contributed by atoms with van der Waals surface area (Å²) < 4.78 is 42.7. The zero-order chi connectivity index (χ0) is 13.8. The summed E-state index contributed by atoms with van der Waals surface area (Å²) in [6, 6.07) is 4.88. The van der Waals surface area contributed by atoms with E-state index in [4.69, 9.17) is 0 Å². The van der Waals surface area contributed by atoms with Crippen molar-refractivity contribution in [3.8, 4) is 0 Å². The molecule has 0 heterocycles. The van der Waals surface area contributed by atoms with Gasteiger partial charge in [-0.05, 0) is 24.3 Å². The van der Waals surface area contributed by atoms with Gasteiger partial charge in [-0.2, -0.15) is 0 Å². The highest BCUT2D eigenvalue weighted by atomic mass is 32.2. The van der Waals surface area contributed by atoms with Gasteiger partial charge in [0.15, 0.2) is 0 Å². The molecule has 1 aromatic rings. The molecule has 1 N–H and O–H groups in total. The van der Waals surface area contributed by atoms with E-state index in [9.17, 15) is 17.6 Å². The fourth-order valence-electron chi connectivity index (χ4n) is 1.34. The van der Waals surface area contributed by atoms with Crippen LogP contribution < -0.4 is 4.72 Å². The van der Waals surface area contributed by atoms with E-state index in [1.807, 2.05) is 0 Å². The number of rotatable bonds is 5. The lowest BCUT2D eigenvalue weighted by Gasteiger charge is -2.11. The summed E-state index contributed by atoms with van der Waals surface area (Å²) in [7, 11) is -2.48. The molecule has 1 rings (SSSR count). The van der Waals surface area contributed by atoms with Crippen LogP contribution in [0, 0.1) is 11.7 Å². The molecule has 0 unspecified atom stereocenters. The van der Waals surface area contributed by atoms with Crippen LogP contribution in [0.5, 0.6) is 0 Å². The van der Waals surface area contributed by atoms with Gasteiger partial charge >= 0.3 is 5.97 Å². The highest BCUT2D eigenvalue weighted by Crippen LogP contribution is 2.12. The minimum Gasteiger partial charge on any atom is -0.469 e. The number of nitrogens with one attached hydrogen (secondary N) is 1. The molecule has 1 aromatic carbocycles. The van der Waals surface area contributed by atoms with Crippen LogP contribution in [0.15, 0.2) is 24.3 Å². The molecule has 0 aliphatic heterocycles. The molecule has 18 heavy (non-hydrogen) atoms. The van der Waals surface area contributed by atoms with Gasteiger partial charge in [-0.25, -0.2) is 12.8 Å². The number of carbonyl (C=O) groups excluding carboxylic acids is 1. The number of sulfonamides is 1. The minimum absolute atomic E-state index is 0.244. The normalized spacial score (nSPS) is 12.8. The average molecular weight is 275 g/mol. The molecule has 0 saturated carbocycles. The third-order valence-corrected chi connectivity index (χ3v) is 3.68. The van der Waals surface area contributed by atoms with Crippen molar-refractivity contribution in [2.24, 2.45) is 5.92 Å². The van der Waals surface area contributed by atoms with E-state index in [0.29, 0.717) is 0 Å². The van der Waals surface area contributed by atoms with Crippen molar-refractivity contribution in [1.29, 1.82) is 0 Å². The van der Waals surface area contributed by atoms with E-state index in [0.717, 1.165) is 12.1 Å². The Bertz CT molecular complexity index is 512. The largest absolute Gasteiger partial charge is 0.469 e. The first-order chi connectivity index (χ1) is 8.34. The first-order valence-corrected chi connectivity index (χ1v) is 6.83. The Kier molecular flexibility index (Phi) is 4.66. The lowest BCUT2D eigenvalue weighted by atomic mass is 10.2. The maximum atomic E-state index is 12.6. The van der Waals surface area contributed by atoms with Gasteiger partial charge in [0.2, 0.25) is 10.0 Å². The molecule has 0 aliphatic carbocycles. The van der Waals surface area contributed by atoms with E-state index in [-0.39, 0.29) is 5.69 Å². The molecule has 0 fully saturated rings. The monoisotopic (exact) mass is 275 g/mol. The van der Waals surface area contributed by atoms with Gasteiger partial charge in [0, 0.05) is 5.69 Å². The SMILES string of the molecule is COC(=O)[C@H](C)CS(=O)(=O)Nc1ccc(F)cc1. The zero-order valence-corrected chi connectivity index (χ0v) is 10.8. The van der Waals surface area contributed by atoms with Gasteiger partial charge in [0.25, 0.3) is 0 Å². The smallest absolute Gasteiger partial charge is 0.309 e. The highest BCUT2D eigenvalue weighted by molar-refractivity contribution is 7.92. The average Bonchev–Trinajstić information content (AvgIpc) is 2.30. The van der Waals surface area contributed by atoms with Crippen LogP contribution in [0.2, 0.25) is 0 Å². The summed E-state index contributed by atoms with van der Waals surface area (Å²) >= 11 is 0. The van der Waals surface area contributed by atoms with Crippen LogP contribution in [-0.4, -0.2) is 27.2 Å². The minimum atomic E-state index is -3.68. The maximum Gasteiger partial charge on any atom is 0.309 e.